The standard InChI is InChI=1S/C24H28N4S/c1-4-20-11-7-12-21(5-2)23(20)26-24(29)27-25-16-22-13-8-14-28(22)17-19-10-6-9-18(3)15-19/h6-16H,4-5,17H2,1-3H3,(H2,26,27,29). The van der Waals surface area contributed by atoms with Crippen LogP contribution >= 0.6 is 12.2 Å². The predicted molar refractivity (Wildman–Crippen MR) is 127 cm³/mol. The van der Waals surface area contributed by atoms with Crippen LogP contribution < -0.4 is 10.7 Å². The van der Waals surface area contributed by atoms with Gasteiger partial charge in [-0.1, -0.05) is 61.9 Å². The summed E-state index contributed by atoms with van der Waals surface area (Å²) >= 11 is 5.46. The van der Waals surface area contributed by atoms with Crippen molar-refractivity contribution in [2.24, 2.45) is 5.10 Å². The maximum absolute atomic E-state index is 5.46. The van der Waals surface area contributed by atoms with E-state index in [0.717, 1.165) is 30.8 Å². The van der Waals surface area contributed by atoms with Gasteiger partial charge in [0.05, 0.1) is 11.9 Å². The number of nitrogens with zero attached hydrogens (tertiary/aromatic N) is 2. The Labute approximate surface area is 178 Å². The van der Waals surface area contributed by atoms with Crippen molar-refractivity contribution >= 4 is 29.2 Å². The van der Waals surface area contributed by atoms with Gasteiger partial charge >= 0.3 is 0 Å². The molecule has 29 heavy (non-hydrogen) atoms. The van der Waals surface area contributed by atoms with Crippen LogP contribution in [0.1, 0.15) is 41.8 Å². The van der Waals surface area contributed by atoms with Gasteiger partial charge in [-0.2, -0.15) is 5.10 Å². The molecule has 1 aromatic heterocycles. The van der Waals surface area contributed by atoms with Gasteiger partial charge in [-0.05, 0) is 60.8 Å². The first-order valence-electron chi connectivity index (χ1n) is 10.0. The van der Waals surface area contributed by atoms with E-state index in [1.54, 1.807) is 6.21 Å². The van der Waals surface area contributed by atoms with Crippen molar-refractivity contribution in [2.75, 3.05) is 5.32 Å². The molecule has 0 amide bonds. The molecule has 0 saturated heterocycles. The Kier molecular flexibility index (Phi) is 7.19. The van der Waals surface area contributed by atoms with Crippen LogP contribution in [0.5, 0.6) is 0 Å². The average Bonchev–Trinajstić information content (AvgIpc) is 3.15. The summed E-state index contributed by atoms with van der Waals surface area (Å²) in [7, 11) is 0. The van der Waals surface area contributed by atoms with Gasteiger partial charge in [0.1, 0.15) is 0 Å². The Bertz CT molecular complexity index is 981. The van der Waals surface area contributed by atoms with Crippen LogP contribution in [0.3, 0.4) is 0 Å². The van der Waals surface area contributed by atoms with Crippen molar-refractivity contribution in [2.45, 2.75) is 40.2 Å². The topological polar surface area (TPSA) is 41.4 Å². The second kappa shape index (κ2) is 10.0. The molecule has 2 N–H and O–H groups in total. The van der Waals surface area contributed by atoms with Gasteiger partial charge in [0, 0.05) is 18.4 Å². The van der Waals surface area contributed by atoms with Crippen molar-refractivity contribution in [3.05, 3.63) is 88.7 Å². The van der Waals surface area contributed by atoms with Crippen LogP contribution in [0.15, 0.2) is 65.9 Å². The molecule has 0 fully saturated rings. The molecule has 1 heterocycles. The predicted octanol–water partition coefficient (Wildman–Crippen LogP) is 5.29. The molecule has 0 saturated carbocycles. The quantitative estimate of drug-likeness (QED) is 0.319. The molecular weight excluding hydrogens is 376 g/mol. The molecule has 4 nitrogen and oxygen atoms in total. The average molecular weight is 405 g/mol. The van der Waals surface area contributed by atoms with Crippen LogP contribution in [-0.2, 0) is 19.4 Å². The Hall–Kier alpha value is -2.92. The molecule has 2 aromatic carbocycles. The third-order valence-electron chi connectivity index (χ3n) is 4.90. The van der Waals surface area contributed by atoms with Gasteiger partial charge in [-0.3, -0.25) is 5.43 Å². The number of hydrogen-bond donors (Lipinski definition) is 2. The molecule has 150 valence electrons. The monoisotopic (exact) mass is 404 g/mol. The van der Waals surface area contributed by atoms with Crippen molar-refractivity contribution in [1.82, 2.24) is 9.99 Å². The zero-order valence-electron chi connectivity index (χ0n) is 17.3. The number of thiocarbonyl (C=S) groups is 1. The fourth-order valence-corrected chi connectivity index (χ4v) is 3.55. The first-order valence-corrected chi connectivity index (χ1v) is 10.4. The fourth-order valence-electron chi connectivity index (χ4n) is 3.40. The lowest BCUT2D eigenvalue weighted by molar-refractivity contribution is 0.798. The third kappa shape index (κ3) is 5.55. The molecule has 0 aliphatic rings. The highest BCUT2D eigenvalue weighted by atomic mass is 32.1. The maximum Gasteiger partial charge on any atom is 0.191 e. The van der Waals surface area contributed by atoms with Crippen LogP contribution in [0.4, 0.5) is 5.69 Å². The van der Waals surface area contributed by atoms with Crippen molar-refractivity contribution in [3.8, 4) is 0 Å². The van der Waals surface area contributed by atoms with E-state index in [1.165, 1.54) is 22.3 Å². The lowest BCUT2D eigenvalue weighted by atomic mass is 10.0. The molecule has 0 aliphatic heterocycles. The number of aryl methyl sites for hydroxylation is 3. The van der Waals surface area contributed by atoms with Crippen LogP contribution in [0.2, 0.25) is 0 Å². The van der Waals surface area contributed by atoms with Gasteiger partial charge < -0.3 is 9.88 Å². The smallest absolute Gasteiger partial charge is 0.191 e. The third-order valence-corrected chi connectivity index (χ3v) is 5.09. The van der Waals surface area contributed by atoms with E-state index in [0.29, 0.717) is 5.11 Å². The van der Waals surface area contributed by atoms with Gasteiger partial charge in [-0.25, -0.2) is 0 Å². The molecular formula is C24H28N4S. The summed E-state index contributed by atoms with van der Waals surface area (Å²) in [6, 6.07) is 19.0. The lowest BCUT2D eigenvalue weighted by Crippen LogP contribution is -2.25. The molecule has 0 radical (unpaired) electrons. The number of aromatic nitrogens is 1. The van der Waals surface area contributed by atoms with E-state index >= 15 is 0 Å². The summed E-state index contributed by atoms with van der Waals surface area (Å²) in [5.74, 6) is 0. The molecule has 0 aliphatic carbocycles. The Morgan fingerprint density at radius 3 is 2.45 bits per heavy atom. The summed E-state index contributed by atoms with van der Waals surface area (Å²) in [4.78, 5) is 0. The molecule has 0 bridgehead atoms. The van der Waals surface area contributed by atoms with E-state index < -0.39 is 0 Å². The first-order chi connectivity index (χ1) is 14.1. The van der Waals surface area contributed by atoms with Crippen LogP contribution in [0, 0.1) is 6.92 Å². The van der Waals surface area contributed by atoms with Crippen molar-refractivity contribution in [1.29, 1.82) is 0 Å². The van der Waals surface area contributed by atoms with Crippen molar-refractivity contribution < 1.29 is 0 Å². The Morgan fingerprint density at radius 1 is 1.03 bits per heavy atom. The highest BCUT2D eigenvalue weighted by Crippen LogP contribution is 2.22. The fraction of sp³-hybridized carbons (Fsp3) is 0.250. The second-order valence-electron chi connectivity index (χ2n) is 7.03. The van der Waals surface area contributed by atoms with Gasteiger partial charge in [0.25, 0.3) is 0 Å². The zero-order valence-corrected chi connectivity index (χ0v) is 18.1. The number of nitrogens with one attached hydrogen (secondary N) is 2. The minimum atomic E-state index is 0.494. The first kappa shape index (κ1) is 20.8. The highest BCUT2D eigenvalue weighted by Gasteiger charge is 2.07. The molecule has 0 unspecified atom stereocenters. The number of para-hydroxylation sites is 1. The van der Waals surface area contributed by atoms with Gasteiger partial charge in [0.2, 0.25) is 0 Å². The van der Waals surface area contributed by atoms with E-state index in [1.807, 2.05) is 12.1 Å². The summed E-state index contributed by atoms with van der Waals surface area (Å²) in [5, 5.41) is 8.16. The number of hydrogen-bond acceptors (Lipinski definition) is 2. The van der Waals surface area contributed by atoms with E-state index in [9.17, 15) is 0 Å². The second-order valence-corrected chi connectivity index (χ2v) is 7.44. The zero-order chi connectivity index (χ0) is 20.6. The molecule has 3 aromatic rings. The number of rotatable bonds is 7. The summed E-state index contributed by atoms with van der Waals surface area (Å²) in [5.41, 5.74) is 10.1. The van der Waals surface area contributed by atoms with Crippen LogP contribution in [0.25, 0.3) is 0 Å². The van der Waals surface area contributed by atoms with Gasteiger partial charge in [-0.15, -0.1) is 0 Å². The molecule has 0 atom stereocenters. The summed E-state index contributed by atoms with van der Waals surface area (Å²) in [6.45, 7) is 7.22. The number of benzene rings is 2. The molecule has 3 rings (SSSR count). The number of hydrazone groups is 1. The Balaban J connectivity index is 1.64. The normalized spacial score (nSPS) is 11.0. The van der Waals surface area contributed by atoms with Gasteiger partial charge in [0.15, 0.2) is 5.11 Å². The largest absolute Gasteiger partial charge is 0.342 e. The van der Waals surface area contributed by atoms with E-state index in [4.69, 9.17) is 12.2 Å². The minimum Gasteiger partial charge on any atom is -0.342 e. The Morgan fingerprint density at radius 2 is 1.76 bits per heavy atom. The molecule has 0 spiro atoms. The minimum absolute atomic E-state index is 0.494. The van der Waals surface area contributed by atoms with E-state index in [-0.39, 0.29) is 0 Å². The van der Waals surface area contributed by atoms with E-state index in [2.05, 4.69) is 89.8 Å². The highest BCUT2D eigenvalue weighted by molar-refractivity contribution is 7.80. The summed E-state index contributed by atoms with van der Waals surface area (Å²) in [6.07, 6.45) is 5.77. The lowest BCUT2D eigenvalue weighted by Gasteiger charge is -2.15. The van der Waals surface area contributed by atoms with Crippen molar-refractivity contribution in [3.63, 3.8) is 0 Å². The SMILES string of the molecule is CCc1cccc(CC)c1NC(=S)NN=Cc1cccn1Cc1cccc(C)c1. The van der Waals surface area contributed by atoms with Crippen LogP contribution in [-0.4, -0.2) is 15.9 Å². The summed E-state index contributed by atoms with van der Waals surface area (Å²) < 4.78 is 2.16. The maximum atomic E-state index is 5.46. The number of anilines is 1. The molecule has 5 heteroatoms.